The number of carbonyl (C=O) groups excluding carboxylic acids is 2. The molecule has 0 radical (unpaired) electrons. The molecule has 1 unspecified atom stereocenters. The predicted octanol–water partition coefficient (Wildman–Crippen LogP) is 1.96. The highest BCUT2D eigenvalue weighted by Gasteiger charge is 2.30. The van der Waals surface area contributed by atoms with Gasteiger partial charge in [0.1, 0.15) is 10.7 Å². The first-order valence-corrected chi connectivity index (χ1v) is 8.87. The zero-order valence-electron chi connectivity index (χ0n) is 13.8. The number of esters is 1. The van der Waals surface area contributed by atoms with Gasteiger partial charge in [0.25, 0.3) is 5.91 Å². The lowest BCUT2D eigenvalue weighted by Crippen LogP contribution is -2.42. The van der Waals surface area contributed by atoms with E-state index in [2.05, 4.69) is 10.1 Å². The summed E-state index contributed by atoms with van der Waals surface area (Å²) in [6, 6.07) is 0. The van der Waals surface area contributed by atoms with Crippen LogP contribution in [0, 0.1) is 5.92 Å². The van der Waals surface area contributed by atoms with Gasteiger partial charge in [-0.25, -0.2) is 4.98 Å². The van der Waals surface area contributed by atoms with E-state index < -0.39 is 0 Å². The summed E-state index contributed by atoms with van der Waals surface area (Å²) in [6.45, 7) is 3.20. The number of carbonyl (C=O) groups is 2. The summed E-state index contributed by atoms with van der Waals surface area (Å²) < 4.78 is 6.78. The van der Waals surface area contributed by atoms with E-state index in [1.807, 2.05) is 13.2 Å². The Kier molecular flexibility index (Phi) is 4.94. The Labute approximate surface area is 144 Å². The van der Waals surface area contributed by atoms with Gasteiger partial charge in [0, 0.05) is 37.3 Å². The van der Waals surface area contributed by atoms with Gasteiger partial charge < -0.3 is 9.64 Å². The standard InChI is InChI=1S/C16H20N4O3S/c1-3-23-16(22)11-5-4-6-20(9-11)15(21)13-10-24-14(18-13)12-7-17-19(2)8-12/h7-8,10-11H,3-6,9H2,1-2H3. The summed E-state index contributed by atoms with van der Waals surface area (Å²) in [7, 11) is 1.84. The predicted molar refractivity (Wildman–Crippen MR) is 89.6 cm³/mol. The SMILES string of the molecule is CCOC(=O)C1CCCN(C(=O)c2csc(-c3cnn(C)c3)n2)C1. The number of rotatable bonds is 4. The number of piperidine rings is 1. The van der Waals surface area contributed by atoms with Crippen LogP contribution in [-0.4, -0.2) is 51.2 Å². The van der Waals surface area contributed by atoms with Crippen LogP contribution >= 0.6 is 11.3 Å². The highest BCUT2D eigenvalue weighted by atomic mass is 32.1. The van der Waals surface area contributed by atoms with E-state index in [-0.39, 0.29) is 17.8 Å². The van der Waals surface area contributed by atoms with E-state index in [0.717, 1.165) is 23.4 Å². The van der Waals surface area contributed by atoms with Crippen LogP contribution in [0.3, 0.4) is 0 Å². The van der Waals surface area contributed by atoms with Crippen LogP contribution in [0.15, 0.2) is 17.8 Å². The summed E-state index contributed by atoms with van der Waals surface area (Å²) in [4.78, 5) is 30.7. The van der Waals surface area contributed by atoms with Gasteiger partial charge >= 0.3 is 5.97 Å². The number of likely N-dealkylation sites (tertiary alicyclic amines) is 1. The molecule has 0 N–H and O–H groups in total. The quantitative estimate of drug-likeness (QED) is 0.790. The minimum atomic E-state index is -0.237. The fourth-order valence-corrected chi connectivity index (χ4v) is 3.58. The van der Waals surface area contributed by atoms with E-state index in [9.17, 15) is 9.59 Å². The largest absolute Gasteiger partial charge is 0.466 e. The highest BCUT2D eigenvalue weighted by Crippen LogP contribution is 2.25. The van der Waals surface area contributed by atoms with E-state index in [1.165, 1.54) is 11.3 Å². The summed E-state index contributed by atoms with van der Waals surface area (Å²) in [6.07, 6.45) is 5.16. The Morgan fingerprint density at radius 1 is 1.46 bits per heavy atom. The zero-order valence-corrected chi connectivity index (χ0v) is 14.6. The fourth-order valence-electron chi connectivity index (χ4n) is 2.81. The molecule has 24 heavy (non-hydrogen) atoms. The van der Waals surface area contributed by atoms with Gasteiger partial charge in [0.15, 0.2) is 0 Å². The molecule has 1 aliphatic rings. The van der Waals surface area contributed by atoms with Crippen LogP contribution < -0.4 is 0 Å². The van der Waals surface area contributed by atoms with Crippen LogP contribution in [-0.2, 0) is 16.6 Å². The Morgan fingerprint density at radius 3 is 3.00 bits per heavy atom. The smallest absolute Gasteiger partial charge is 0.310 e. The molecule has 3 heterocycles. The van der Waals surface area contributed by atoms with Gasteiger partial charge in [0.2, 0.25) is 0 Å². The average Bonchev–Trinajstić information content (AvgIpc) is 3.23. The topological polar surface area (TPSA) is 77.3 Å². The van der Waals surface area contributed by atoms with Crippen LogP contribution in [0.5, 0.6) is 0 Å². The number of hydrogen-bond acceptors (Lipinski definition) is 6. The van der Waals surface area contributed by atoms with E-state index in [4.69, 9.17) is 4.74 Å². The molecule has 0 saturated carbocycles. The van der Waals surface area contributed by atoms with Gasteiger partial charge in [0.05, 0.1) is 18.7 Å². The molecule has 0 bridgehead atoms. The lowest BCUT2D eigenvalue weighted by molar-refractivity contribution is -0.149. The maximum absolute atomic E-state index is 12.7. The van der Waals surface area contributed by atoms with Crippen molar-refractivity contribution < 1.29 is 14.3 Å². The average molecular weight is 348 g/mol. The number of amides is 1. The summed E-state index contributed by atoms with van der Waals surface area (Å²) >= 11 is 1.42. The fraction of sp³-hybridized carbons (Fsp3) is 0.500. The first kappa shape index (κ1) is 16.6. The molecule has 8 heteroatoms. The summed E-state index contributed by atoms with van der Waals surface area (Å²) in [5.74, 6) is -0.584. The van der Waals surface area contributed by atoms with Crippen LogP contribution in [0.4, 0.5) is 0 Å². The normalized spacial score (nSPS) is 17.8. The van der Waals surface area contributed by atoms with E-state index >= 15 is 0 Å². The molecule has 3 rings (SSSR count). The van der Waals surface area contributed by atoms with Gasteiger partial charge in [-0.15, -0.1) is 11.3 Å². The van der Waals surface area contributed by atoms with Crippen molar-refractivity contribution in [3.8, 4) is 10.6 Å². The first-order chi connectivity index (χ1) is 11.6. The molecule has 7 nitrogen and oxygen atoms in total. The van der Waals surface area contributed by atoms with Crippen molar-refractivity contribution in [3.05, 3.63) is 23.5 Å². The van der Waals surface area contributed by atoms with Crippen molar-refractivity contribution in [2.75, 3.05) is 19.7 Å². The highest BCUT2D eigenvalue weighted by molar-refractivity contribution is 7.13. The molecule has 0 aromatic carbocycles. The molecule has 2 aromatic rings. The van der Waals surface area contributed by atoms with Gasteiger partial charge in [-0.1, -0.05) is 0 Å². The number of hydrogen-bond donors (Lipinski definition) is 0. The maximum Gasteiger partial charge on any atom is 0.310 e. The molecule has 1 atom stereocenters. The first-order valence-electron chi connectivity index (χ1n) is 7.99. The van der Waals surface area contributed by atoms with Crippen LogP contribution in [0.1, 0.15) is 30.3 Å². The molecule has 1 amide bonds. The Morgan fingerprint density at radius 2 is 2.29 bits per heavy atom. The minimum Gasteiger partial charge on any atom is -0.466 e. The summed E-state index contributed by atoms with van der Waals surface area (Å²) in [5.41, 5.74) is 1.31. The third-order valence-electron chi connectivity index (χ3n) is 4.00. The molecule has 0 aliphatic carbocycles. The second kappa shape index (κ2) is 7.12. The Bertz CT molecular complexity index is 739. The second-order valence-electron chi connectivity index (χ2n) is 5.78. The van der Waals surface area contributed by atoms with Gasteiger partial charge in [-0.3, -0.25) is 14.3 Å². The van der Waals surface area contributed by atoms with Gasteiger partial charge in [-0.2, -0.15) is 5.10 Å². The lowest BCUT2D eigenvalue weighted by Gasteiger charge is -2.31. The Balaban J connectivity index is 1.70. The molecule has 128 valence electrons. The Hall–Kier alpha value is -2.22. The number of aromatic nitrogens is 3. The minimum absolute atomic E-state index is 0.129. The molecular weight excluding hydrogens is 328 g/mol. The van der Waals surface area contributed by atoms with Crippen molar-refractivity contribution in [1.29, 1.82) is 0 Å². The second-order valence-corrected chi connectivity index (χ2v) is 6.64. The van der Waals surface area contributed by atoms with Crippen LogP contribution in [0.25, 0.3) is 10.6 Å². The number of thiazole rings is 1. The van der Waals surface area contributed by atoms with E-state index in [0.29, 0.717) is 25.4 Å². The van der Waals surface area contributed by atoms with Crippen molar-refractivity contribution >= 4 is 23.2 Å². The third-order valence-corrected chi connectivity index (χ3v) is 4.90. The molecular formula is C16H20N4O3S. The molecule has 1 fully saturated rings. The van der Waals surface area contributed by atoms with Crippen molar-refractivity contribution in [2.45, 2.75) is 19.8 Å². The van der Waals surface area contributed by atoms with E-state index in [1.54, 1.807) is 28.1 Å². The van der Waals surface area contributed by atoms with Crippen LogP contribution in [0.2, 0.25) is 0 Å². The third kappa shape index (κ3) is 3.48. The van der Waals surface area contributed by atoms with Crippen molar-refractivity contribution in [3.63, 3.8) is 0 Å². The summed E-state index contributed by atoms with van der Waals surface area (Å²) in [5, 5.41) is 6.65. The van der Waals surface area contributed by atoms with Crippen molar-refractivity contribution in [2.24, 2.45) is 13.0 Å². The lowest BCUT2D eigenvalue weighted by atomic mass is 9.98. The number of ether oxygens (including phenoxy) is 1. The van der Waals surface area contributed by atoms with Crippen molar-refractivity contribution in [1.82, 2.24) is 19.7 Å². The molecule has 1 saturated heterocycles. The zero-order chi connectivity index (χ0) is 17.1. The number of nitrogens with zero attached hydrogens (tertiary/aromatic N) is 4. The molecule has 2 aromatic heterocycles. The maximum atomic E-state index is 12.7. The molecule has 0 spiro atoms. The molecule has 1 aliphatic heterocycles. The van der Waals surface area contributed by atoms with Gasteiger partial charge in [-0.05, 0) is 19.8 Å². The number of aryl methyl sites for hydroxylation is 1. The monoisotopic (exact) mass is 348 g/mol.